The summed E-state index contributed by atoms with van der Waals surface area (Å²) in [4.78, 5) is 27.3. The smallest absolute Gasteiger partial charge is 0.273 e. The topological polar surface area (TPSA) is 106 Å². The third kappa shape index (κ3) is 6.28. The Hall–Kier alpha value is -3.94. The molecule has 0 atom stereocenters. The molecule has 1 heterocycles. The molecule has 1 amide bonds. The molecule has 0 radical (unpaired) electrons. The second-order valence-corrected chi connectivity index (χ2v) is 7.00. The van der Waals surface area contributed by atoms with Crippen LogP contribution in [0.2, 0.25) is 0 Å². The number of benzene rings is 2. The van der Waals surface area contributed by atoms with Crippen molar-refractivity contribution in [2.24, 2.45) is 0 Å². The number of hydrogen-bond acceptors (Lipinski definition) is 6. The predicted molar refractivity (Wildman–Crippen MR) is 122 cm³/mol. The van der Waals surface area contributed by atoms with Crippen LogP contribution in [0, 0.1) is 0 Å². The van der Waals surface area contributed by atoms with Gasteiger partial charge in [0.05, 0.1) is 13.7 Å². The minimum absolute atomic E-state index is 0.147. The molecular weight excluding hydrogens is 408 g/mol. The Labute approximate surface area is 186 Å². The number of methoxy groups -OCH3 is 1. The highest BCUT2D eigenvalue weighted by molar-refractivity contribution is 5.76. The van der Waals surface area contributed by atoms with Gasteiger partial charge in [-0.25, -0.2) is 0 Å². The van der Waals surface area contributed by atoms with Crippen LogP contribution >= 0.6 is 0 Å². The summed E-state index contributed by atoms with van der Waals surface area (Å²) in [6.07, 6.45) is 2.84. The molecule has 166 valence electrons. The number of H-pyrrole nitrogens is 1. The Kier molecular flexibility index (Phi) is 8.14. The molecule has 0 aliphatic rings. The van der Waals surface area contributed by atoms with E-state index < -0.39 is 0 Å². The quantitative estimate of drug-likeness (QED) is 0.355. The van der Waals surface area contributed by atoms with E-state index >= 15 is 0 Å². The Balaban J connectivity index is 1.61. The maximum absolute atomic E-state index is 12.4. The van der Waals surface area contributed by atoms with Gasteiger partial charge in [0.2, 0.25) is 5.91 Å². The fourth-order valence-corrected chi connectivity index (χ4v) is 2.96. The number of carbonyl (C=O) groups is 1. The normalized spacial score (nSPS) is 10.4. The number of aromatic nitrogens is 3. The van der Waals surface area contributed by atoms with Crippen molar-refractivity contribution >= 4 is 5.91 Å². The van der Waals surface area contributed by atoms with E-state index in [-0.39, 0.29) is 30.0 Å². The van der Waals surface area contributed by atoms with Gasteiger partial charge in [-0.3, -0.25) is 9.59 Å². The summed E-state index contributed by atoms with van der Waals surface area (Å²) in [5.74, 6) is 1.26. The van der Waals surface area contributed by atoms with Crippen molar-refractivity contribution in [3.05, 3.63) is 82.8 Å². The first-order valence-electron chi connectivity index (χ1n) is 10.3. The highest BCUT2D eigenvalue weighted by Gasteiger charge is 2.12. The van der Waals surface area contributed by atoms with Gasteiger partial charge in [0.25, 0.3) is 5.56 Å². The molecule has 0 spiro atoms. The first-order valence-corrected chi connectivity index (χ1v) is 10.3. The maximum atomic E-state index is 12.4. The standard InChI is InChI=1S/C24H26N4O4/c1-3-4-14-32-20-12-10-18(15-21(20)31-2)23-26-24(30)19(27-28-23)11-13-22(29)25-16-17-8-6-5-7-9-17/h3,5-10,12,15H,1,4,11,13-14,16H2,2H3,(H,25,29)(H,26,28,30). The molecule has 1 aromatic heterocycles. The highest BCUT2D eigenvalue weighted by Crippen LogP contribution is 2.31. The number of carbonyl (C=O) groups excluding carboxylic acids is 1. The average molecular weight is 434 g/mol. The number of hydrogen-bond donors (Lipinski definition) is 2. The van der Waals surface area contributed by atoms with Crippen molar-refractivity contribution in [2.45, 2.75) is 25.8 Å². The molecule has 8 nitrogen and oxygen atoms in total. The van der Waals surface area contributed by atoms with E-state index in [0.717, 1.165) is 12.0 Å². The first-order chi connectivity index (χ1) is 15.6. The zero-order valence-corrected chi connectivity index (χ0v) is 18.0. The second-order valence-electron chi connectivity index (χ2n) is 7.00. The number of nitrogens with zero attached hydrogens (tertiary/aromatic N) is 2. The van der Waals surface area contributed by atoms with E-state index in [4.69, 9.17) is 9.47 Å². The summed E-state index contributed by atoms with van der Waals surface area (Å²) < 4.78 is 11.0. The van der Waals surface area contributed by atoms with Gasteiger partial charge in [-0.15, -0.1) is 16.8 Å². The van der Waals surface area contributed by atoms with Crippen molar-refractivity contribution in [1.29, 1.82) is 0 Å². The minimum atomic E-state index is -0.379. The van der Waals surface area contributed by atoms with Crippen molar-refractivity contribution in [3.63, 3.8) is 0 Å². The molecule has 0 aliphatic heterocycles. The Bertz CT molecular complexity index is 1110. The zero-order chi connectivity index (χ0) is 22.8. The zero-order valence-electron chi connectivity index (χ0n) is 18.0. The highest BCUT2D eigenvalue weighted by atomic mass is 16.5. The molecule has 3 aromatic rings. The van der Waals surface area contributed by atoms with Crippen LogP contribution in [0.25, 0.3) is 11.4 Å². The second kappa shape index (κ2) is 11.5. The molecule has 0 saturated carbocycles. The van der Waals surface area contributed by atoms with Crippen molar-refractivity contribution in [1.82, 2.24) is 20.5 Å². The van der Waals surface area contributed by atoms with E-state index in [9.17, 15) is 9.59 Å². The number of nitrogens with one attached hydrogen (secondary N) is 2. The molecule has 0 bridgehead atoms. The summed E-state index contributed by atoms with van der Waals surface area (Å²) in [7, 11) is 1.54. The summed E-state index contributed by atoms with van der Waals surface area (Å²) in [6.45, 7) is 4.60. The molecule has 2 N–H and O–H groups in total. The Morgan fingerprint density at radius 3 is 2.69 bits per heavy atom. The molecule has 32 heavy (non-hydrogen) atoms. The van der Waals surface area contributed by atoms with Gasteiger partial charge >= 0.3 is 0 Å². The summed E-state index contributed by atoms with van der Waals surface area (Å²) in [5, 5.41) is 11.0. The van der Waals surface area contributed by atoms with E-state index in [2.05, 4.69) is 27.1 Å². The summed E-state index contributed by atoms with van der Waals surface area (Å²) in [5.41, 5.74) is 1.47. The van der Waals surface area contributed by atoms with Crippen LogP contribution in [0.1, 0.15) is 24.1 Å². The molecule has 0 fully saturated rings. The molecule has 2 aromatic carbocycles. The third-order valence-electron chi connectivity index (χ3n) is 4.70. The Morgan fingerprint density at radius 1 is 1.16 bits per heavy atom. The van der Waals surface area contributed by atoms with Crippen molar-refractivity contribution < 1.29 is 14.3 Å². The fourth-order valence-electron chi connectivity index (χ4n) is 2.96. The largest absolute Gasteiger partial charge is 0.493 e. The molecule has 3 rings (SSSR count). The molecule has 0 saturated heterocycles. The van der Waals surface area contributed by atoms with Crippen LogP contribution < -0.4 is 20.3 Å². The number of aryl methyl sites for hydroxylation is 1. The van der Waals surface area contributed by atoms with Gasteiger partial charge in [0, 0.05) is 24.9 Å². The predicted octanol–water partition coefficient (Wildman–Crippen LogP) is 3.04. The maximum Gasteiger partial charge on any atom is 0.273 e. The monoisotopic (exact) mass is 434 g/mol. The summed E-state index contributed by atoms with van der Waals surface area (Å²) >= 11 is 0. The van der Waals surface area contributed by atoms with Gasteiger partial charge in [0.15, 0.2) is 17.3 Å². The molecule has 8 heteroatoms. The average Bonchev–Trinajstić information content (AvgIpc) is 2.83. The summed E-state index contributed by atoms with van der Waals surface area (Å²) in [6, 6.07) is 14.9. The lowest BCUT2D eigenvalue weighted by Crippen LogP contribution is -2.25. The molecule has 0 unspecified atom stereocenters. The van der Waals surface area contributed by atoms with E-state index in [0.29, 0.717) is 36.0 Å². The van der Waals surface area contributed by atoms with Crippen LogP contribution in [0.4, 0.5) is 0 Å². The number of ether oxygens (including phenoxy) is 2. The van der Waals surface area contributed by atoms with Crippen molar-refractivity contribution in [2.75, 3.05) is 13.7 Å². The van der Waals surface area contributed by atoms with Crippen LogP contribution in [0.15, 0.2) is 66.0 Å². The lowest BCUT2D eigenvalue weighted by atomic mass is 10.2. The fraction of sp³-hybridized carbons (Fsp3) is 0.250. The van der Waals surface area contributed by atoms with Gasteiger partial charge in [-0.1, -0.05) is 36.4 Å². The van der Waals surface area contributed by atoms with Crippen LogP contribution in [0.3, 0.4) is 0 Å². The minimum Gasteiger partial charge on any atom is -0.493 e. The van der Waals surface area contributed by atoms with Gasteiger partial charge in [-0.2, -0.15) is 0 Å². The number of rotatable bonds is 11. The number of amides is 1. The van der Waals surface area contributed by atoms with Gasteiger partial charge < -0.3 is 19.8 Å². The third-order valence-corrected chi connectivity index (χ3v) is 4.70. The van der Waals surface area contributed by atoms with Crippen LogP contribution in [-0.4, -0.2) is 34.8 Å². The SMILES string of the molecule is C=CCCOc1ccc(-c2nnc(CCC(=O)NCc3ccccc3)c(=O)[nH]2)cc1OC. The first kappa shape index (κ1) is 22.7. The van der Waals surface area contributed by atoms with Crippen LogP contribution in [0.5, 0.6) is 11.5 Å². The van der Waals surface area contributed by atoms with E-state index in [1.54, 1.807) is 31.4 Å². The van der Waals surface area contributed by atoms with Gasteiger partial charge in [-0.05, 0) is 30.2 Å². The molecular formula is C24H26N4O4. The van der Waals surface area contributed by atoms with Crippen LogP contribution in [-0.2, 0) is 17.8 Å². The number of aromatic amines is 1. The molecule has 0 aliphatic carbocycles. The van der Waals surface area contributed by atoms with Crippen molar-refractivity contribution in [3.8, 4) is 22.9 Å². The lowest BCUT2D eigenvalue weighted by Gasteiger charge is -2.11. The Morgan fingerprint density at radius 2 is 1.97 bits per heavy atom. The van der Waals surface area contributed by atoms with E-state index in [1.165, 1.54) is 0 Å². The van der Waals surface area contributed by atoms with E-state index in [1.807, 2.05) is 30.3 Å². The lowest BCUT2D eigenvalue weighted by molar-refractivity contribution is -0.121. The van der Waals surface area contributed by atoms with Gasteiger partial charge in [0.1, 0.15) is 5.69 Å².